The molecule has 7 heteroatoms. The van der Waals surface area contributed by atoms with Crippen molar-refractivity contribution in [3.05, 3.63) is 11.6 Å². The molecule has 0 amide bonds. The van der Waals surface area contributed by atoms with Crippen molar-refractivity contribution in [3.8, 4) is 0 Å². The molecule has 0 bridgehead atoms. The fourth-order valence-corrected chi connectivity index (χ4v) is 3.95. The number of hydrogen-bond acceptors (Lipinski definition) is 4. The van der Waals surface area contributed by atoms with Crippen LogP contribution in [0.2, 0.25) is 0 Å². The maximum absolute atomic E-state index is 4.59. The average molecular weight is 348 g/mol. The predicted molar refractivity (Wildman–Crippen MR) is 101 cm³/mol. The summed E-state index contributed by atoms with van der Waals surface area (Å²) in [5.74, 6) is 3.61. The summed E-state index contributed by atoms with van der Waals surface area (Å²) in [7, 11) is 1.84. The molecule has 1 atom stereocenters. The molecule has 0 aromatic carbocycles. The standard InChI is InChI=1S/C18H33N7/c1-4-24-12-8-15(9-13-24)7-10-20-18(19-3)22-16-6-5-11-25-17(16)21-14(2)23-25/h15-16H,4-13H2,1-3H3,(H2,19,20,22). The molecule has 1 unspecified atom stereocenters. The van der Waals surface area contributed by atoms with Crippen LogP contribution in [0.1, 0.15) is 56.7 Å². The Kier molecular flexibility index (Phi) is 6.29. The van der Waals surface area contributed by atoms with E-state index in [-0.39, 0.29) is 6.04 Å². The fourth-order valence-electron chi connectivity index (χ4n) is 3.95. The van der Waals surface area contributed by atoms with Crippen LogP contribution in [0.4, 0.5) is 0 Å². The van der Waals surface area contributed by atoms with Gasteiger partial charge in [-0.1, -0.05) is 6.92 Å². The van der Waals surface area contributed by atoms with E-state index >= 15 is 0 Å². The van der Waals surface area contributed by atoms with Crippen molar-refractivity contribution in [3.63, 3.8) is 0 Å². The zero-order valence-corrected chi connectivity index (χ0v) is 16.0. The number of hydrogen-bond donors (Lipinski definition) is 2. The molecule has 0 aliphatic carbocycles. The van der Waals surface area contributed by atoms with Gasteiger partial charge in [-0.25, -0.2) is 9.67 Å². The third kappa shape index (κ3) is 4.71. The monoisotopic (exact) mass is 347 g/mol. The molecule has 25 heavy (non-hydrogen) atoms. The molecular weight excluding hydrogens is 314 g/mol. The highest BCUT2D eigenvalue weighted by Crippen LogP contribution is 2.23. The highest BCUT2D eigenvalue weighted by atomic mass is 15.4. The lowest BCUT2D eigenvalue weighted by Gasteiger charge is -2.31. The molecule has 2 aliphatic rings. The van der Waals surface area contributed by atoms with Crippen molar-refractivity contribution < 1.29 is 0 Å². The lowest BCUT2D eigenvalue weighted by Crippen LogP contribution is -2.42. The first kappa shape index (κ1) is 18.2. The third-order valence-electron chi connectivity index (χ3n) is 5.51. The number of fused-ring (bicyclic) bond motifs is 1. The van der Waals surface area contributed by atoms with E-state index in [9.17, 15) is 0 Å². The quantitative estimate of drug-likeness (QED) is 0.627. The van der Waals surface area contributed by atoms with E-state index in [2.05, 4.69) is 37.5 Å². The van der Waals surface area contributed by atoms with E-state index in [1.54, 1.807) is 0 Å². The van der Waals surface area contributed by atoms with Gasteiger partial charge in [-0.05, 0) is 64.6 Å². The zero-order valence-electron chi connectivity index (χ0n) is 16.0. The van der Waals surface area contributed by atoms with Gasteiger partial charge in [0.15, 0.2) is 5.96 Å². The number of piperidine rings is 1. The second-order valence-electron chi connectivity index (χ2n) is 7.24. The third-order valence-corrected chi connectivity index (χ3v) is 5.51. The van der Waals surface area contributed by atoms with Crippen molar-refractivity contribution in [2.24, 2.45) is 10.9 Å². The van der Waals surface area contributed by atoms with Gasteiger partial charge in [0.25, 0.3) is 0 Å². The summed E-state index contributed by atoms with van der Waals surface area (Å²) in [5.41, 5.74) is 0. The molecule has 1 fully saturated rings. The molecule has 3 rings (SSSR count). The summed E-state index contributed by atoms with van der Waals surface area (Å²) in [4.78, 5) is 11.5. The smallest absolute Gasteiger partial charge is 0.191 e. The van der Waals surface area contributed by atoms with Crippen LogP contribution < -0.4 is 10.6 Å². The number of nitrogens with zero attached hydrogens (tertiary/aromatic N) is 5. The molecular formula is C18H33N7. The van der Waals surface area contributed by atoms with Gasteiger partial charge in [-0.3, -0.25) is 4.99 Å². The number of aromatic nitrogens is 3. The lowest BCUT2D eigenvalue weighted by molar-refractivity contribution is 0.187. The highest BCUT2D eigenvalue weighted by molar-refractivity contribution is 5.80. The average Bonchev–Trinajstić information content (AvgIpc) is 3.02. The van der Waals surface area contributed by atoms with Crippen LogP contribution in [0.25, 0.3) is 0 Å². The van der Waals surface area contributed by atoms with E-state index in [0.29, 0.717) is 0 Å². The van der Waals surface area contributed by atoms with Crippen LogP contribution in [-0.2, 0) is 6.54 Å². The Morgan fingerprint density at radius 3 is 2.76 bits per heavy atom. The fraction of sp³-hybridized carbons (Fsp3) is 0.833. The van der Waals surface area contributed by atoms with E-state index in [4.69, 9.17) is 0 Å². The number of aryl methyl sites for hydroxylation is 2. The zero-order chi connectivity index (χ0) is 17.6. The first-order valence-corrected chi connectivity index (χ1v) is 9.80. The van der Waals surface area contributed by atoms with E-state index in [0.717, 1.165) is 49.5 Å². The first-order chi connectivity index (χ1) is 12.2. The Labute approximate surface area is 151 Å². The molecule has 0 spiro atoms. The van der Waals surface area contributed by atoms with Gasteiger partial charge >= 0.3 is 0 Å². The van der Waals surface area contributed by atoms with Crippen molar-refractivity contribution in [2.45, 2.75) is 58.5 Å². The van der Waals surface area contributed by atoms with Crippen LogP contribution in [-0.4, -0.2) is 58.9 Å². The van der Waals surface area contributed by atoms with Gasteiger partial charge < -0.3 is 15.5 Å². The number of aliphatic imine (C=N–C) groups is 1. The Morgan fingerprint density at radius 2 is 2.04 bits per heavy atom. The number of nitrogens with one attached hydrogen (secondary N) is 2. The molecule has 0 saturated carbocycles. The van der Waals surface area contributed by atoms with Crippen molar-refractivity contribution in [2.75, 3.05) is 33.2 Å². The Bertz CT molecular complexity index is 572. The summed E-state index contributed by atoms with van der Waals surface area (Å²) in [5, 5.41) is 11.5. The molecule has 7 nitrogen and oxygen atoms in total. The Balaban J connectivity index is 1.45. The van der Waals surface area contributed by atoms with Gasteiger partial charge in [-0.15, -0.1) is 0 Å². The normalized spacial score (nSPS) is 22.7. The molecule has 1 aromatic rings. The SMILES string of the molecule is CCN1CCC(CCNC(=NC)NC2CCCn3nc(C)nc32)CC1. The maximum Gasteiger partial charge on any atom is 0.191 e. The van der Waals surface area contributed by atoms with Crippen LogP contribution >= 0.6 is 0 Å². The molecule has 0 radical (unpaired) electrons. The molecule has 2 N–H and O–H groups in total. The first-order valence-electron chi connectivity index (χ1n) is 9.80. The maximum atomic E-state index is 4.59. The van der Waals surface area contributed by atoms with Crippen molar-refractivity contribution >= 4 is 5.96 Å². The van der Waals surface area contributed by atoms with Gasteiger partial charge in [0.1, 0.15) is 11.6 Å². The summed E-state index contributed by atoms with van der Waals surface area (Å²) >= 11 is 0. The second kappa shape index (κ2) is 8.65. The van der Waals surface area contributed by atoms with Gasteiger partial charge in [0, 0.05) is 20.1 Å². The van der Waals surface area contributed by atoms with Gasteiger partial charge in [0.05, 0.1) is 6.04 Å². The molecule has 140 valence electrons. The molecule has 2 aliphatic heterocycles. The molecule has 3 heterocycles. The minimum Gasteiger partial charge on any atom is -0.356 e. The van der Waals surface area contributed by atoms with E-state index < -0.39 is 0 Å². The summed E-state index contributed by atoms with van der Waals surface area (Å²) in [6, 6.07) is 0.203. The largest absolute Gasteiger partial charge is 0.356 e. The van der Waals surface area contributed by atoms with Crippen LogP contribution in [0.3, 0.4) is 0 Å². The highest BCUT2D eigenvalue weighted by Gasteiger charge is 2.24. The number of likely N-dealkylation sites (tertiary alicyclic amines) is 1. The Hall–Kier alpha value is -1.63. The van der Waals surface area contributed by atoms with E-state index in [1.165, 1.54) is 38.9 Å². The van der Waals surface area contributed by atoms with Crippen LogP contribution in [0.15, 0.2) is 4.99 Å². The predicted octanol–water partition coefficient (Wildman–Crippen LogP) is 1.71. The summed E-state index contributed by atoms with van der Waals surface area (Å²) in [6.45, 7) is 9.86. The number of guanidine groups is 1. The van der Waals surface area contributed by atoms with Gasteiger partial charge in [-0.2, -0.15) is 5.10 Å². The second-order valence-corrected chi connectivity index (χ2v) is 7.24. The van der Waals surface area contributed by atoms with E-state index in [1.807, 2.05) is 18.7 Å². The lowest BCUT2D eigenvalue weighted by atomic mass is 9.93. The van der Waals surface area contributed by atoms with Gasteiger partial charge in [0.2, 0.25) is 0 Å². The number of rotatable bonds is 5. The molecule has 1 saturated heterocycles. The summed E-state index contributed by atoms with van der Waals surface area (Å²) < 4.78 is 2.03. The van der Waals surface area contributed by atoms with Crippen molar-refractivity contribution in [1.29, 1.82) is 0 Å². The van der Waals surface area contributed by atoms with Crippen molar-refractivity contribution in [1.82, 2.24) is 30.3 Å². The Morgan fingerprint density at radius 1 is 1.24 bits per heavy atom. The molecule has 1 aromatic heterocycles. The van der Waals surface area contributed by atoms with Crippen LogP contribution in [0.5, 0.6) is 0 Å². The minimum atomic E-state index is 0.203. The minimum absolute atomic E-state index is 0.203. The topological polar surface area (TPSA) is 70.4 Å². The summed E-state index contributed by atoms with van der Waals surface area (Å²) in [6.07, 6.45) is 6.08. The van der Waals surface area contributed by atoms with Crippen LogP contribution in [0, 0.1) is 12.8 Å².